The Labute approximate surface area is 182 Å². The first-order chi connectivity index (χ1) is 13.3. The summed E-state index contributed by atoms with van der Waals surface area (Å²) in [4.78, 5) is 12.1. The van der Waals surface area contributed by atoms with Gasteiger partial charge in [0.05, 0.1) is 18.8 Å². The van der Waals surface area contributed by atoms with Gasteiger partial charge in [0, 0.05) is 15.7 Å². The van der Waals surface area contributed by atoms with Gasteiger partial charge in [0.25, 0.3) is 0 Å². The second-order valence-electron chi connectivity index (χ2n) is 8.56. The minimum atomic E-state index is -3.35. The summed E-state index contributed by atoms with van der Waals surface area (Å²) in [6.07, 6.45) is 2.48. The number of sulfonamides is 1. The van der Waals surface area contributed by atoms with E-state index < -0.39 is 15.4 Å². The second kappa shape index (κ2) is 8.48. The van der Waals surface area contributed by atoms with Gasteiger partial charge in [-0.25, -0.2) is 8.42 Å². The molecule has 2 aromatic carbocycles. The van der Waals surface area contributed by atoms with Gasteiger partial charge < -0.3 is 9.53 Å². The smallest absolute Gasteiger partial charge is 0.229 e. The number of halogens is 1. The molecule has 0 aromatic heterocycles. The number of ether oxygens (including phenoxy) is 1. The van der Waals surface area contributed by atoms with E-state index >= 15 is 0 Å². The van der Waals surface area contributed by atoms with E-state index in [0.717, 1.165) is 39.5 Å². The Hall–Kier alpha value is -1.86. The summed E-state index contributed by atoms with van der Waals surface area (Å²) in [5.74, 6) is 0.782. The first-order valence-corrected chi connectivity index (χ1v) is 11.9. The van der Waals surface area contributed by atoms with Crippen molar-refractivity contribution in [2.75, 3.05) is 18.1 Å². The van der Waals surface area contributed by atoms with Crippen LogP contribution in [0.4, 0.5) is 5.69 Å². The number of anilines is 1. The van der Waals surface area contributed by atoms with Crippen molar-refractivity contribution < 1.29 is 17.9 Å². The van der Waals surface area contributed by atoms with Crippen molar-refractivity contribution in [1.82, 2.24) is 0 Å². The molecular formula is C22H28BrNO4S. The van der Waals surface area contributed by atoms with Gasteiger partial charge in [-0.3, -0.25) is 4.72 Å². The number of rotatable bonds is 7. The number of carbonyl (C=O) groups excluding carboxylic acids is 1. The molecule has 2 rings (SSSR count). The van der Waals surface area contributed by atoms with Crippen LogP contribution in [0, 0.1) is 0 Å². The summed E-state index contributed by atoms with van der Waals surface area (Å²) in [7, 11) is -1.71. The number of aldehydes is 1. The van der Waals surface area contributed by atoms with Crippen LogP contribution in [0.2, 0.25) is 0 Å². The van der Waals surface area contributed by atoms with Crippen LogP contribution in [0.15, 0.2) is 40.9 Å². The molecule has 0 fully saturated rings. The minimum absolute atomic E-state index is 0.125. The average Bonchev–Trinajstić information content (AvgIpc) is 2.59. The van der Waals surface area contributed by atoms with Crippen molar-refractivity contribution in [2.24, 2.45) is 0 Å². The van der Waals surface area contributed by atoms with Crippen LogP contribution < -0.4 is 9.46 Å². The van der Waals surface area contributed by atoms with Gasteiger partial charge in [-0.2, -0.15) is 0 Å². The number of methoxy groups -OCH3 is 1. The molecule has 29 heavy (non-hydrogen) atoms. The molecule has 0 amide bonds. The molecular weight excluding hydrogens is 454 g/mol. The van der Waals surface area contributed by atoms with Crippen LogP contribution in [-0.4, -0.2) is 28.1 Å². The van der Waals surface area contributed by atoms with Crippen molar-refractivity contribution in [1.29, 1.82) is 0 Å². The molecule has 0 aliphatic heterocycles. The van der Waals surface area contributed by atoms with Crippen LogP contribution in [-0.2, 0) is 32.1 Å². The summed E-state index contributed by atoms with van der Waals surface area (Å²) in [5.41, 5.74) is 2.32. The summed E-state index contributed by atoms with van der Waals surface area (Å²) in [5, 5.41) is 0. The third-order valence-corrected chi connectivity index (χ3v) is 5.87. The van der Waals surface area contributed by atoms with Crippen molar-refractivity contribution in [3.05, 3.63) is 57.6 Å². The predicted octanol–water partition coefficient (Wildman–Crippen LogP) is 4.83. The SMILES string of the molecule is COc1c(CC(C)(C=O)c2ccc(NS(C)(=O)=O)cc2)cc(Br)cc1C(C)(C)C. The third kappa shape index (κ3) is 5.82. The molecule has 0 radical (unpaired) electrons. The fraction of sp³-hybridized carbons (Fsp3) is 0.409. The summed E-state index contributed by atoms with van der Waals surface area (Å²) < 4.78 is 31.9. The predicted molar refractivity (Wildman–Crippen MR) is 121 cm³/mol. The number of nitrogens with one attached hydrogen (secondary N) is 1. The van der Waals surface area contributed by atoms with Crippen LogP contribution in [0.1, 0.15) is 44.4 Å². The molecule has 0 aliphatic carbocycles. The Morgan fingerprint density at radius 2 is 1.69 bits per heavy atom. The molecule has 0 saturated carbocycles. The normalized spacial score (nSPS) is 14.2. The highest BCUT2D eigenvalue weighted by atomic mass is 79.9. The molecule has 0 saturated heterocycles. The molecule has 0 spiro atoms. The van der Waals surface area contributed by atoms with E-state index in [1.54, 1.807) is 31.4 Å². The lowest BCUT2D eigenvalue weighted by Crippen LogP contribution is -2.27. The average molecular weight is 482 g/mol. The monoisotopic (exact) mass is 481 g/mol. The van der Waals surface area contributed by atoms with Gasteiger partial charge in [-0.05, 0) is 54.2 Å². The highest BCUT2D eigenvalue weighted by Crippen LogP contribution is 2.39. The number of hydrogen-bond acceptors (Lipinski definition) is 4. The van der Waals surface area contributed by atoms with E-state index in [1.807, 2.05) is 19.1 Å². The summed E-state index contributed by atoms with van der Waals surface area (Å²) in [6, 6.07) is 10.9. The fourth-order valence-electron chi connectivity index (χ4n) is 3.32. The van der Waals surface area contributed by atoms with Crippen molar-refractivity contribution in [2.45, 2.75) is 44.9 Å². The highest BCUT2D eigenvalue weighted by molar-refractivity contribution is 9.10. The lowest BCUT2D eigenvalue weighted by atomic mass is 9.77. The maximum Gasteiger partial charge on any atom is 0.229 e. The van der Waals surface area contributed by atoms with E-state index in [1.165, 1.54) is 0 Å². The summed E-state index contributed by atoms with van der Waals surface area (Å²) in [6.45, 7) is 8.23. The van der Waals surface area contributed by atoms with Crippen molar-refractivity contribution in [3.8, 4) is 5.75 Å². The van der Waals surface area contributed by atoms with Crippen molar-refractivity contribution >= 4 is 37.9 Å². The molecule has 1 unspecified atom stereocenters. The lowest BCUT2D eigenvalue weighted by Gasteiger charge is -2.28. The van der Waals surface area contributed by atoms with Gasteiger partial charge in [-0.15, -0.1) is 0 Å². The number of carbonyl (C=O) groups is 1. The number of hydrogen-bond donors (Lipinski definition) is 1. The third-order valence-electron chi connectivity index (χ3n) is 4.81. The van der Waals surface area contributed by atoms with Gasteiger partial charge in [0.2, 0.25) is 10.0 Å². The fourth-order valence-corrected chi connectivity index (χ4v) is 4.39. The van der Waals surface area contributed by atoms with Crippen LogP contribution in [0.3, 0.4) is 0 Å². The molecule has 2 aromatic rings. The zero-order valence-electron chi connectivity index (χ0n) is 17.7. The molecule has 7 heteroatoms. The van der Waals surface area contributed by atoms with Crippen molar-refractivity contribution in [3.63, 3.8) is 0 Å². The zero-order valence-corrected chi connectivity index (χ0v) is 20.1. The van der Waals surface area contributed by atoms with E-state index in [9.17, 15) is 13.2 Å². The lowest BCUT2D eigenvalue weighted by molar-refractivity contribution is -0.112. The topological polar surface area (TPSA) is 72.5 Å². The van der Waals surface area contributed by atoms with Crippen LogP contribution >= 0.6 is 15.9 Å². The minimum Gasteiger partial charge on any atom is -0.496 e. The van der Waals surface area contributed by atoms with Gasteiger partial charge >= 0.3 is 0 Å². The van der Waals surface area contributed by atoms with E-state index in [-0.39, 0.29) is 5.41 Å². The molecule has 1 atom stereocenters. The van der Waals surface area contributed by atoms with E-state index in [4.69, 9.17) is 4.74 Å². The molecule has 0 heterocycles. The maximum absolute atomic E-state index is 12.1. The quantitative estimate of drug-likeness (QED) is 0.574. The molecule has 5 nitrogen and oxygen atoms in total. The summed E-state index contributed by atoms with van der Waals surface area (Å²) >= 11 is 3.58. The Kier molecular flexibility index (Phi) is 6.85. The molecule has 158 valence electrons. The largest absolute Gasteiger partial charge is 0.496 e. The number of benzene rings is 2. The van der Waals surface area contributed by atoms with E-state index in [2.05, 4.69) is 41.4 Å². The Morgan fingerprint density at radius 1 is 1.10 bits per heavy atom. The second-order valence-corrected chi connectivity index (χ2v) is 11.2. The Morgan fingerprint density at radius 3 is 2.14 bits per heavy atom. The van der Waals surface area contributed by atoms with Gasteiger partial charge in [-0.1, -0.05) is 48.8 Å². The van der Waals surface area contributed by atoms with Gasteiger partial charge in [0.15, 0.2) is 0 Å². The first-order valence-electron chi connectivity index (χ1n) is 9.20. The standard InChI is InChI=1S/C22H28BrNO4S/c1-21(2,3)19-12-17(23)11-15(20(19)28-5)13-22(4,14-25)16-7-9-18(10-8-16)24-29(6,26)27/h7-12,14,24H,13H2,1-6H3. The Balaban J connectivity index is 2.48. The van der Waals surface area contributed by atoms with Gasteiger partial charge in [0.1, 0.15) is 12.0 Å². The Bertz CT molecular complexity index is 995. The molecule has 1 N–H and O–H groups in total. The highest BCUT2D eigenvalue weighted by Gasteiger charge is 2.30. The van der Waals surface area contributed by atoms with Crippen LogP contribution in [0.25, 0.3) is 0 Å². The zero-order chi connectivity index (χ0) is 22.0. The molecule has 0 aliphatic rings. The molecule has 0 bridgehead atoms. The first kappa shape index (κ1) is 23.4. The maximum atomic E-state index is 12.1. The van der Waals surface area contributed by atoms with E-state index in [0.29, 0.717) is 12.1 Å². The van der Waals surface area contributed by atoms with Crippen LogP contribution in [0.5, 0.6) is 5.75 Å².